The summed E-state index contributed by atoms with van der Waals surface area (Å²) in [6.45, 7) is 5.42. The van der Waals surface area contributed by atoms with Crippen LogP contribution in [0.3, 0.4) is 0 Å². The molecule has 0 aliphatic heterocycles. The molecule has 0 saturated heterocycles. The number of carbonyl (C=O) groups excluding carboxylic acids is 1. The van der Waals surface area contributed by atoms with Crippen molar-refractivity contribution in [3.63, 3.8) is 0 Å². The highest BCUT2D eigenvalue weighted by Gasteiger charge is 2.20. The van der Waals surface area contributed by atoms with Gasteiger partial charge in [0.05, 0.1) is 0 Å². The Morgan fingerprint density at radius 2 is 1.71 bits per heavy atom. The number of nitrogens with one attached hydrogen (secondary N) is 1. The van der Waals surface area contributed by atoms with Crippen LogP contribution in [0, 0.1) is 11.6 Å². The lowest BCUT2D eigenvalue weighted by molar-refractivity contribution is 0.0526. The Morgan fingerprint density at radius 3 is 2.25 bits per heavy atom. The molecule has 1 N–H and O–H groups in total. The number of nitrogens with zero attached hydrogens (tertiary/aromatic N) is 1. The topological polar surface area (TPSA) is 51.2 Å². The molecule has 2 rings (SSSR count). The van der Waals surface area contributed by atoms with Crippen LogP contribution < -0.4 is 5.32 Å². The fraction of sp³-hybridized carbons (Fsp3) is 0.333. The number of aromatic nitrogens is 1. The Hall–Kier alpha value is -2.50. The maximum atomic E-state index is 13.6. The fourth-order valence-corrected chi connectivity index (χ4v) is 2.30. The van der Waals surface area contributed by atoms with E-state index in [4.69, 9.17) is 4.74 Å². The van der Waals surface area contributed by atoms with E-state index in [-0.39, 0.29) is 6.54 Å². The van der Waals surface area contributed by atoms with Gasteiger partial charge in [0, 0.05) is 30.9 Å². The van der Waals surface area contributed by atoms with Gasteiger partial charge >= 0.3 is 6.09 Å². The van der Waals surface area contributed by atoms with Gasteiger partial charge in [-0.3, -0.25) is 4.98 Å². The maximum Gasteiger partial charge on any atom is 0.407 e. The zero-order chi connectivity index (χ0) is 17.7. The summed E-state index contributed by atoms with van der Waals surface area (Å²) in [7, 11) is 0. The van der Waals surface area contributed by atoms with Crippen LogP contribution in [-0.2, 0) is 4.74 Å². The van der Waals surface area contributed by atoms with Crippen LogP contribution in [0.5, 0.6) is 0 Å². The second-order valence-corrected chi connectivity index (χ2v) is 6.42. The van der Waals surface area contributed by atoms with Gasteiger partial charge in [-0.05, 0) is 56.2 Å². The monoisotopic (exact) mass is 334 g/mol. The smallest absolute Gasteiger partial charge is 0.407 e. The lowest BCUT2D eigenvalue weighted by atomic mass is 9.92. The van der Waals surface area contributed by atoms with Crippen LogP contribution in [-0.4, -0.2) is 23.2 Å². The number of hydrogen-bond acceptors (Lipinski definition) is 3. The van der Waals surface area contributed by atoms with Crippen molar-refractivity contribution in [2.24, 2.45) is 0 Å². The summed E-state index contributed by atoms with van der Waals surface area (Å²) < 4.78 is 32.3. The number of alkyl carbamates (subject to hydrolysis) is 1. The molecule has 24 heavy (non-hydrogen) atoms. The van der Waals surface area contributed by atoms with Gasteiger partial charge in [0.25, 0.3) is 0 Å². The highest BCUT2D eigenvalue weighted by Crippen LogP contribution is 2.25. The van der Waals surface area contributed by atoms with E-state index in [0.29, 0.717) is 5.56 Å². The molecule has 0 radical (unpaired) electrons. The number of rotatable bonds is 4. The number of amides is 1. The number of pyridine rings is 1. The van der Waals surface area contributed by atoms with Crippen LogP contribution in [0.4, 0.5) is 13.6 Å². The number of hydrogen-bond donors (Lipinski definition) is 1. The Labute approximate surface area is 139 Å². The normalized spacial score (nSPS) is 12.5. The molecule has 0 saturated carbocycles. The van der Waals surface area contributed by atoms with Gasteiger partial charge in [0.2, 0.25) is 0 Å². The standard InChI is InChI=1S/C18H20F2N2O2/c1-18(2,3)24-17(23)22-11-16(12-4-6-21-7-5-12)13-8-14(19)10-15(20)9-13/h4-10,16H,11H2,1-3H3,(H,22,23). The highest BCUT2D eigenvalue weighted by molar-refractivity contribution is 5.67. The van der Waals surface area contributed by atoms with Crippen LogP contribution >= 0.6 is 0 Å². The zero-order valence-corrected chi connectivity index (χ0v) is 13.8. The summed E-state index contributed by atoms with van der Waals surface area (Å²) in [6, 6.07) is 6.80. The summed E-state index contributed by atoms with van der Waals surface area (Å²) in [5.41, 5.74) is 0.585. The molecule has 1 aromatic heterocycles. The predicted octanol–water partition coefficient (Wildman–Crippen LogP) is 4.02. The van der Waals surface area contributed by atoms with E-state index in [1.165, 1.54) is 12.1 Å². The molecular weight excluding hydrogens is 314 g/mol. The lowest BCUT2D eigenvalue weighted by Gasteiger charge is -2.22. The van der Waals surface area contributed by atoms with Crippen LogP contribution in [0.2, 0.25) is 0 Å². The average Bonchev–Trinajstić information content (AvgIpc) is 2.45. The minimum absolute atomic E-state index is 0.141. The van der Waals surface area contributed by atoms with Crippen molar-refractivity contribution in [2.75, 3.05) is 6.54 Å². The first-order valence-corrected chi connectivity index (χ1v) is 7.57. The minimum atomic E-state index is -0.665. The van der Waals surface area contributed by atoms with Crippen molar-refractivity contribution in [3.8, 4) is 0 Å². The van der Waals surface area contributed by atoms with Crippen molar-refractivity contribution in [1.29, 1.82) is 0 Å². The third kappa shape index (κ3) is 5.30. The fourth-order valence-electron chi connectivity index (χ4n) is 2.30. The van der Waals surface area contributed by atoms with Crippen LogP contribution in [0.15, 0.2) is 42.7 Å². The molecule has 0 bridgehead atoms. The molecule has 1 atom stereocenters. The van der Waals surface area contributed by atoms with E-state index in [2.05, 4.69) is 10.3 Å². The molecule has 0 aliphatic carbocycles. The van der Waals surface area contributed by atoms with Crippen molar-refractivity contribution in [1.82, 2.24) is 10.3 Å². The van der Waals surface area contributed by atoms with E-state index in [9.17, 15) is 13.6 Å². The van der Waals surface area contributed by atoms with Crippen molar-refractivity contribution in [2.45, 2.75) is 32.3 Å². The van der Waals surface area contributed by atoms with Gasteiger partial charge in [-0.25, -0.2) is 13.6 Å². The Balaban J connectivity index is 2.23. The SMILES string of the molecule is CC(C)(C)OC(=O)NCC(c1ccncc1)c1cc(F)cc(F)c1. The molecule has 6 heteroatoms. The lowest BCUT2D eigenvalue weighted by Crippen LogP contribution is -2.35. The first kappa shape index (κ1) is 17.8. The first-order valence-electron chi connectivity index (χ1n) is 7.57. The summed E-state index contributed by atoms with van der Waals surface area (Å²) in [4.78, 5) is 15.8. The number of carbonyl (C=O) groups is 1. The van der Waals surface area contributed by atoms with Crippen molar-refractivity contribution < 1.29 is 18.3 Å². The average molecular weight is 334 g/mol. The Morgan fingerprint density at radius 1 is 1.12 bits per heavy atom. The quantitative estimate of drug-likeness (QED) is 0.919. The summed E-state index contributed by atoms with van der Waals surface area (Å²) in [5, 5.41) is 2.65. The molecule has 0 aliphatic rings. The molecule has 1 amide bonds. The second kappa shape index (κ2) is 7.38. The van der Waals surface area contributed by atoms with E-state index in [0.717, 1.165) is 11.6 Å². The molecule has 128 valence electrons. The third-order valence-corrected chi connectivity index (χ3v) is 3.25. The Kier molecular flexibility index (Phi) is 5.49. The minimum Gasteiger partial charge on any atom is -0.444 e. The van der Waals surface area contributed by atoms with Gasteiger partial charge in [-0.2, -0.15) is 0 Å². The second-order valence-electron chi connectivity index (χ2n) is 6.42. The number of benzene rings is 1. The molecule has 2 aromatic rings. The molecule has 0 fully saturated rings. The molecular formula is C18H20F2N2O2. The van der Waals surface area contributed by atoms with Crippen molar-refractivity contribution >= 4 is 6.09 Å². The molecule has 1 aromatic carbocycles. The van der Waals surface area contributed by atoms with Gasteiger partial charge in [0.15, 0.2) is 0 Å². The maximum absolute atomic E-state index is 13.6. The van der Waals surface area contributed by atoms with Crippen molar-refractivity contribution in [3.05, 3.63) is 65.5 Å². The number of ether oxygens (including phenoxy) is 1. The predicted molar refractivity (Wildman–Crippen MR) is 86.7 cm³/mol. The summed E-state index contributed by atoms with van der Waals surface area (Å²) >= 11 is 0. The van der Waals surface area contributed by atoms with Crippen LogP contribution in [0.25, 0.3) is 0 Å². The van der Waals surface area contributed by atoms with E-state index < -0.39 is 29.2 Å². The molecule has 0 spiro atoms. The van der Waals surface area contributed by atoms with Crippen LogP contribution in [0.1, 0.15) is 37.8 Å². The Bertz CT molecular complexity index is 680. The summed E-state index contributed by atoms with van der Waals surface area (Å²) in [6.07, 6.45) is 2.59. The third-order valence-electron chi connectivity index (χ3n) is 3.25. The largest absolute Gasteiger partial charge is 0.444 e. The summed E-state index contributed by atoms with van der Waals surface area (Å²) in [5.74, 6) is -1.76. The van der Waals surface area contributed by atoms with Gasteiger partial charge in [0.1, 0.15) is 17.2 Å². The highest BCUT2D eigenvalue weighted by atomic mass is 19.1. The van der Waals surface area contributed by atoms with E-state index >= 15 is 0 Å². The zero-order valence-electron chi connectivity index (χ0n) is 13.8. The number of halogens is 2. The van der Waals surface area contributed by atoms with E-state index in [1.807, 2.05) is 0 Å². The first-order chi connectivity index (χ1) is 11.2. The molecule has 1 unspecified atom stereocenters. The van der Waals surface area contributed by atoms with Gasteiger partial charge in [-0.15, -0.1) is 0 Å². The van der Waals surface area contributed by atoms with Gasteiger partial charge < -0.3 is 10.1 Å². The molecule has 1 heterocycles. The van der Waals surface area contributed by atoms with E-state index in [1.54, 1.807) is 45.3 Å². The van der Waals surface area contributed by atoms with Gasteiger partial charge in [-0.1, -0.05) is 0 Å². The molecule has 4 nitrogen and oxygen atoms in total.